The molecule has 0 aliphatic heterocycles. The van der Waals surface area contributed by atoms with E-state index in [1.807, 2.05) is 0 Å². The number of hydrogen-bond acceptors (Lipinski definition) is 6. The van der Waals surface area contributed by atoms with Crippen LogP contribution in [-0.4, -0.2) is 39.3 Å². The Hall–Kier alpha value is -3.49. The van der Waals surface area contributed by atoms with Crippen molar-refractivity contribution in [2.24, 2.45) is 11.8 Å². The number of nitrogens with zero attached hydrogens (tertiary/aromatic N) is 2. The van der Waals surface area contributed by atoms with Gasteiger partial charge in [0.25, 0.3) is 5.56 Å². The second-order valence-corrected chi connectivity index (χ2v) is 7.04. The summed E-state index contributed by atoms with van der Waals surface area (Å²) in [6.07, 6.45) is 2.31. The van der Waals surface area contributed by atoms with Crippen LogP contribution in [0.15, 0.2) is 41.2 Å². The van der Waals surface area contributed by atoms with Gasteiger partial charge in [-0.15, -0.1) is 0 Å². The lowest BCUT2D eigenvalue weighted by Gasteiger charge is -2.27. The molecule has 2 atom stereocenters. The van der Waals surface area contributed by atoms with E-state index in [0.717, 1.165) is 23.6 Å². The van der Waals surface area contributed by atoms with Gasteiger partial charge in [-0.05, 0) is 31.9 Å². The lowest BCUT2D eigenvalue weighted by Crippen LogP contribution is -2.37. The van der Waals surface area contributed by atoms with E-state index in [9.17, 15) is 24.3 Å². The van der Waals surface area contributed by atoms with Crippen LogP contribution in [0, 0.1) is 11.8 Å². The van der Waals surface area contributed by atoms with Crippen molar-refractivity contribution in [1.82, 2.24) is 9.78 Å². The third kappa shape index (κ3) is 4.56. The van der Waals surface area contributed by atoms with E-state index in [4.69, 9.17) is 4.74 Å². The highest BCUT2D eigenvalue weighted by Crippen LogP contribution is 2.31. The summed E-state index contributed by atoms with van der Waals surface area (Å²) in [5.41, 5.74) is -0.422. The van der Waals surface area contributed by atoms with Crippen molar-refractivity contribution in [1.29, 1.82) is 0 Å². The van der Waals surface area contributed by atoms with E-state index in [1.165, 1.54) is 0 Å². The van der Waals surface area contributed by atoms with E-state index in [1.54, 1.807) is 37.3 Å². The normalized spacial score (nSPS) is 18.4. The van der Waals surface area contributed by atoms with Gasteiger partial charge in [-0.1, -0.05) is 31.0 Å². The number of aromatic nitrogens is 2. The minimum atomic E-state index is -1.03. The average Bonchev–Trinajstić information content (AvgIpc) is 2.74. The van der Waals surface area contributed by atoms with Gasteiger partial charge in [0.15, 0.2) is 5.69 Å². The number of nitrogens with one attached hydrogen (secondary N) is 1. The number of amides is 1. The highest BCUT2D eigenvalue weighted by Gasteiger charge is 2.36. The highest BCUT2D eigenvalue weighted by atomic mass is 16.5. The largest absolute Gasteiger partial charge is 0.481 e. The van der Waals surface area contributed by atoms with Gasteiger partial charge in [-0.25, -0.2) is 4.79 Å². The van der Waals surface area contributed by atoms with Gasteiger partial charge in [-0.3, -0.25) is 14.4 Å². The second-order valence-electron chi connectivity index (χ2n) is 7.04. The van der Waals surface area contributed by atoms with E-state index < -0.39 is 35.2 Å². The SMILES string of the molecule is CCOC(=O)c1nn(-c2ccccc2)c(=O)cc1NC(=O)C1CCCCC1C(=O)O. The van der Waals surface area contributed by atoms with Crippen LogP contribution < -0.4 is 10.9 Å². The molecular weight excluding hydrogens is 390 g/mol. The summed E-state index contributed by atoms with van der Waals surface area (Å²) in [7, 11) is 0. The molecule has 2 unspecified atom stereocenters. The van der Waals surface area contributed by atoms with Crippen molar-refractivity contribution in [3.8, 4) is 5.69 Å². The van der Waals surface area contributed by atoms with Gasteiger partial charge < -0.3 is 15.2 Å². The Bertz CT molecular complexity index is 1000. The van der Waals surface area contributed by atoms with Crippen molar-refractivity contribution >= 4 is 23.5 Å². The minimum absolute atomic E-state index is 0.0854. The molecule has 9 nitrogen and oxygen atoms in total. The number of carboxylic acid groups (broad SMARTS) is 1. The summed E-state index contributed by atoms with van der Waals surface area (Å²) in [5, 5.41) is 16.1. The predicted octanol–water partition coefficient (Wildman–Crippen LogP) is 2.24. The van der Waals surface area contributed by atoms with Crippen LogP contribution in [0.25, 0.3) is 5.69 Å². The summed E-state index contributed by atoms with van der Waals surface area (Å²) < 4.78 is 6.07. The summed E-state index contributed by atoms with van der Waals surface area (Å²) in [5.74, 6) is -3.93. The van der Waals surface area contributed by atoms with Crippen LogP contribution in [0.1, 0.15) is 43.1 Å². The molecule has 1 aliphatic rings. The Morgan fingerprint density at radius 2 is 1.83 bits per heavy atom. The number of benzene rings is 1. The molecule has 1 amide bonds. The number of ether oxygens (including phenoxy) is 1. The zero-order chi connectivity index (χ0) is 21.7. The van der Waals surface area contributed by atoms with Gasteiger partial charge >= 0.3 is 11.9 Å². The molecule has 2 N–H and O–H groups in total. The summed E-state index contributed by atoms with van der Waals surface area (Å²) in [6.45, 7) is 1.71. The monoisotopic (exact) mass is 413 g/mol. The Balaban J connectivity index is 1.98. The standard InChI is InChI=1S/C21H23N3O6/c1-2-30-21(29)18-16(12-17(25)24(23-18)13-8-4-3-5-9-13)22-19(26)14-10-6-7-11-15(14)20(27)28/h3-5,8-9,12,14-15H,2,6-7,10-11H2,1H3,(H,22,26)(H,27,28). The molecule has 0 bridgehead atoms. The quantitative estimate of drug-likeness (QED) is 0.695. The Kier molecular flexibility index (Phi) is 6.61. The molecule has 0 saturated heterocycles. The topological polar surface area (TPSA) is 128 Å². The maximum atomic E-state index is 12.8. The van der Waals surface area contributed by atoms with Gasteiger partial charge in [0.2, 0.25) is 5.91 Å². The first-order chi connectivity index (χ1) is 14.4. The maximum absolute atomic E-state index is 12.8. The van der Waals surface area contributed by atoms with Gasteiger partial charge in [0.1, 0.15) is 0 Å². The van der Waals surface area contributed by atoms with Crippen molar-refractivity contribution in [3.63, 3.8) is 0 Å². The van der Waals surface area contributed by atoms with Crippen molar-refractivity contribution in [3.05, 3.63) is 52.4 Å². The number of carbonyl (C=O) groups is 3. The number of anilines is 1. The van der Waals surface area contributed by atoms with Gasteiger partial charge in [-0.2, -0.15) is 9.78 Å². The minimum Gasteiger partial charge on any atom is -0.481 e. The number of aliphatic carboxylic acids is 1. The van der Waals surface area contributed by atoms with Crippen LogP contribution in [0.5, 0.6) is 0 Å². The number of carbonyl (C=O) groups excluding carboxylic acids is 2. The predicted molar refractivity (Wildman–Crippen MR) is 108 cm³/mol. The summed E-state index contributed by atoms with van der Waals surface area (Å²) in [4.78, 5) is 49.4. The molecule has 3 rings (SSSR count). The van der Waals surface area contributed by atoms with Gasteiger partial charge in [0.05, 0.1) is 29.8 Å². The van der Waals surface area contributed by atoms with Crippen molar-refractivity contribution < 1.29 is 24.2 Å². The summed E-state index contributed by atoms with van der Waals surface area (Å²) in [6, 6.07) is 9.62. The molecule has 158 valence electrons. The zero-order valence-corrected chi connectivity index (χ0v) is 16.5. The zero-order valence-electron chi connectivity index (χ0n) is 16.5. The number of para-hydroxylation sites is 1. The van der Waals surface area contributed by atoms with Crippen LogP contribution in [0.2, 0.25) is 0 Å². The molecule has 1 heterocycles. The lowest BCUT2D eigenvalue weighted by atomic mass is 9.78. The molecule has 1 aromatic carbocycles. The molecule has 1 aromatic heterocycles. The molecule has 1 saturated carbocycles. The molecule has 0 spiro atoms. The molecule has 1 fully saturated rings. The number of esters is 1. The highest BCUT2D eigenvalue weighted by molar-refractivity contribution is 6.01. The van der Waals surface area contributed by atoms with E-state index in [0.29, 0.717) is 18.5 Å². The maximum Gasteiger partial charge on any atom is 0.360 e. The van der Waals surface area contributed by atoms with Gasteiger partial charge in [0, 0.05) is 6.07 Å². The fraction of sp³-hybridized carbons (Fsp3) is 0.381. The molecule has 30 heavy (non-hydrogen) atoms. The van der Waals surface area contributed by atoms with Crippen LogP contribution in [0.3, 0.4) is 0 Å². The fourth-order valence-corrected chi connectivity index (χ4v) is 3.62. The first-order valence-corrected chi connectivity index (χ1v) is 9.83. The van der Waals surface area contributed by atoms with E-state index in [2.05, 4.69) is 10.4 Å². The van der Waals surface area contributed by atoms with Crippen LogP contribution in [-0.2, 0) is 14.3 Å². The molecule has 0 radical (unpaired) electrons. The summed E-state index contributed by atoms with van der Waals surface area (Å²) >= 11 is 0. The number of hydrogen-bond donors (Lipinski definition) is 2. The van der Waals surface area contributed by atoms with Crippen molar-refractivity contribution in [2.45, 2.75) is 32.6 Å². The number of rotatable bonds is 6. The molecule has 1 aliphatic carbocycles. The first-order valence-electron chi connectivity index (χ1n) is 9.83. The Morgan fingerprint density at radius 3 is 2.47 bits per heavy atom. The Morgan fingerprint density at radius 1 is 1.17 bits per heavy atom. The third-order valence-electron chi connectivity index (χ3n) is 5.08. The smallest absolute Gasteiger partial charge is 0.360 e. The molecule has 9 heteroatoms. The second kappa shape index (κ2) is 9.34. The average molecular weight is 413 g/mol. The van der Waals surface area contributed by atoms with E-state index >= 15 is 0 Å². The fourth-order valence-electron chi connectivity index (χ4n) is 3.62. The lowest BCUT2D eigenvalue weighted by molar-refractivity contribution is -0.147. The first kappa shape index (κ1) is 21.2. The third-order valence-corrected chi connectivity index (χ3v) is 5.08. The van der Waals surface area contributed by atoms with Crippen LogP contribution >= 0.6 is 0 Å². The molecule has 2 aromatic rings. The Labute approximate surface area is 172 Å². The number of carboxylic acids is 1. The van der Waals surface area contributed by atoms with Crippen LogP contribution in [0.4, 0.5) is 5.69 Å². The molecular formula is C21H23N3O6. The van der Waals surface area contributed by atoms with E-state index in [-0.39, 0.29) is 18.0 Å². The van der Waals surface area contributed by atoms with Crippen molar-refractivity contribution in [2.75, 3.05) is 11.9 Å².